The van der Waals surface area contributed by atoms with Crippen LogP contribution in [0.15, 0.2) is 48.3 Å². The Bertz CT molecular complexity index is 419. The predicted molar refractivity (Wildman–Crippen MR) is 98.7 cm³/mol. The molecule has 0 fully saturated rings. The second-order valence-corrected chi connectivity index (χ2v) is 5.63. The van der Waals surface area contributed by atoms with Gasteiger partial charge >= 0.3 is 5.97 Å². The van der Waals surface area contributed by atoms with Crippen molar-refractivity contribution in [3.8, 4) is 0 Å². The molecule has 0 atom stereocenters. The smallest absolute Gasteiger partial charge is 0.303 e. The lowest BCUT2D eigenvalue weighted by atomic mass is 10.2. The fourth-order valence-corrected chi connectivity index (χ4v) is 2.04. The molecule has 0 aromatic heterocycles. The van der Waals surface area contributed by atoms with Gasteiger partial charge in [-0.1, -0.05) is 56.2 Å². The first-order chi connectivity index (χ1) is 11.7. The van der Waals surface area contributed by atoms with Gasteiger partial charge in [-0.15, -0.1) is 0 Å². The number of hydrogen-bond donors (Lipinski definition) is 2. The molecule has 136 valence electrons. The summed E-state index contributed by atoms with van der Waals surface area (Å²) in [6.07, 6.45) is 22.7. The van der Waals surface area contributed by atoms with E-state index >= 15 is 0 Å². The van der Waals surface area contributed by atoms with Crippen molar-refractivity contribution in [2.45, 2.75) is 71.1 Å². The van der Waals surface area contributed by atoms with Gasteiger partial charge in [0.15, 0.2) is 0 Å². The van der Waals surface area contributed by atoms with E-state index in [-0.39, 0.29) is 6.42 Å². The van der Waals surface area contributed by atoms with E-state index in [1.165, 1.54) is 19.3 Å². The average molecular weight is 336 g/mol. The molecule has 0 bridgehead atoms. The largest absolute Gasteiger partial charge is 0.481 e. The highest BCUT2D eigenvalue weighted by Crippen LogP contribution is 2.07. The van der Waals surface area contributed by atoms with Crippen LogP contribution in [-0.4, -0.2) is 16.3 Å². The highest BCUT2D eigenvalue weighted by molar-refractivity contribution is 5.66. The number of rotatable bonds is 15. The number of aliphatic carboxylic acids is 1. The molecule has 2 N–H and O–H groups in total. The highest BCUT2D eigenvalue weighted by atomic mass is 17.1. The maximum absolute atomic E-state index is 10.3. The van der Waals surface area contributed by atoms with E-state index in [1.54, 1.807) is 0 Å². The third kappa shape index (κ3) is 16.6. The van der Waals surface area contributed by atoms with Crippen LogP contribution in [0.4, 0.5) is 0 Å². The number of carboxylic acids is 1. The van der Waals surface area contributed by atoms with Crippen LogP contribution in [0.2, 0.25) is 0 Å². The molecule has 0 heterocycles. The highest BCUT2D eigenvalue weighted by Gasteiger charge is 1.94. The van der Waals surface area contributed by atoms with Gasteiger partial charge in [0, 0.05) is 12.8 Å². The molecule has 0 aliphatic heterocycles. The zero-order valence-corrected chi connectivity index (χ0v) is 14.8. The number of carboxylic acid groups (broad SMARTS) is 1. The van der Waals surface area contributed by atoms with E-state index in [0.29, 0.717) is 25.0 Å². The molecule has 0 amide bonds. The second kappa shape index (κ2) is 17.5. The third-order valence-corrected chi connectivity index (χ3v) is 3.43. The Labute approximate surface area is 146 Å². The summed E-state index contributed by atoms with van der Waals surface area (Å²) in [7, 11) is 0. The quantitative estimate of drug-likeness (QED) is 0.126. The Hall–Kier alpha value is -1.81. The van der Waals surface area contributed by atoms with Crippen LogP contribution in [-0.2, 0) is 9.68 Å². The molecule has 24 heavy (non-hydrogen) atoms. The van der Waals surface area contributed by atoms with Gasteiger partial charge in [-0.3, -0.25) is 4.79 Å². The van der Waals surface area contributed by atoms with Gasteiger partial charge < -0.3 is 9.99 Å². The Morgan fingerprint density at radius 1 is 0.917 bits per heavy atom. The zero-order valence-electron chi connectivity index (χ0n) is 14.8. The van der Waals surface area contributed by atoms with Gasteiger partial charge in [0.05, 0.1) is 0 Å². The van der Waals surface area contributed by atoms with Gasteiger partial charge in [-0.2, -0.15) is 0 Å². The summed E-state index contributed by atoms with van der Waals surface area (Å²) in [6, 6.07) is 0. The van der Waals surface area contributed by atoms with Crippen LogP contribution in [0, 0.1) is 0 Å². The van der Waals surface area contributed by atoms with Crippen LogP contribution in [0.25, 0.3) is 0 Å². The van der Waals surface area contributed by atoms with Crippen molar-refractivity contribution in [2.75, 3.05) is 0 Å². The zero-order chi connectivity index (χ0) is 17.9. The lowest BCUT2D eigenvalue weighted by molar-refractivity contribution is -0.204. The third-order valence-electron chi connectivity index (χ3n) is 3.43. The standard InChI is InChI=1S/C20H32O4/c1-2-3-4-5-10-13-16-19(24-23)17-14-11-8-6-7-9-12-15-18-20(21)22/h7-11,13,17,23H,2-6,12,14-16,18H2,1H3,(H,21,22). The minimum atomic E-state index is -0.743. The van der Waals surface area contributed by atoms with E-state index in [1.807, 2.05) is 36.5 Å². The first-order valence-electron chi connectivity index (χ1n) is 8.88. The van der Waals surface area contributed by atoms with E-state index in [4.69, 9.17) is 10.4 Å². The molecule has 0 aromatic rings. The predicted octanol–water partition coefficient (Wildman–Crippen LogP) is 6.03. The maximum Gasteiger partial charge on any atom is 0.303 e. The van der Waals surface area contributed by atoms with Gasteiger partial charge in [0.2, 0.25) is 0 Å². The normalized spacial score (nSPS) is 12.7. The molecule has 0 rings (SSSR count). The fraction of sp³-hybridized carbons (Fsp3) is 0.550. The molecule has 4 nitrogen and oxygen atoms in total. The van der Waals surface area contributed by atoms with Crippen molar-refractivity contribution >= 4 is 5.97 Å². The van der Waals surface area contributed by atoms with E-state index in [2.05, 4.69) is 17.9 Å². The number of allylic oxidation sites excluding steroid dienone is 7. The number of hydrogen-bond acceptors (Lipinski definition) is 3. The summed E-state index contributed by atoms with van der Waals surface area (Å²) in [6.45, 7) is 2.19. The Kier molecular flexibility index (Phi) is 16.2. The maximum atomic E-state index is 10.3. The number of unbranched alkanes of at least 4 members (excludes halogenated alkanes) is 4. The monoisotopic (exact) mass is 336 g/mol. The molecule has 4 heteroatoms. The van der Waals surface area contributed by atoms with Gasteiger partial charge in [-0.25, -0.2) is 5.26 Å². The van der Waals surface area contributed by atoms with Gasteiger partial charge in [0.1, 0.15) is 5.76 Å². The van der Waals surface area contributed by atoms with Crippen molar-refractivity contribution in [1.29, 1.82) is 0 Å². The Morgan fingerprint density at radius 3 is 2.29 bits per heavy atom. The molecule has 0 aromatic carbocycles. The molecule has 0 unspecified atom stereocenters. The lowest BCUT2D eigenvalue weighted by Gasteiger charge is -1.99. The van der Waals surface area contributed by atoms with Crippen molar-refractivity contribution < 1.29 is 20.0 Å². The van der Waals surface area contributed by atoms with Crippen LogP contribution >= 0.6 is 0 Å². The minimum Gasteiger partial charge on any atom is -0.481 e. The van der Waals surface area contributed by atoms with Crippen molar-refractivity contribution in [3.63, 3.8) is 0 Å². The second-order valence-electron chi connectivity index (χ2n) is 5.63. The van der Waals surface area contributed by atoms with Crippen LogP contribution in [0.5, 0.6) is 0 Å². The van der Waals surface area contributed by atoms with Gasteiger partial charge in [-0.05, 0) is 44.6 Å². The van der Waals surface area contributed by atoms with Crippen molar-refractivity contribution in [2.24, 2.45) is 0 Å². The fourth-order valence-electron chi connectivity index (χ4n) is 2.04. The van der Waals surface area contributed by atoms with Crippen molar-refractivity contribution in [3.05, 3.63) is 48.3 Å². The molecular weight excluding hydrogens is 304 g/mol. The summed E-state index contributed by atoms with van der Waals surface area (Å²) in [5.41, 5.74) is 0. The van der Waals surface area contributed by atoms with E-state index in [0.717, 1.165) is 19.3 Å². The summed E-state index contributed by atoms with van der Waals surface area (Å²) >= 11 is 0. The van der Waals surface area contributed by atoms with E-state index < -0.39 is 5.97 Å². The van der Waals surface area contributed by atoms with E-state index in [9.17, 15) is 4.79 Å². The average Bonchev–Trinajstić information content (AvgIpc) is 2.57. The molecule has 0 radical (unpaired) electrons. The molecule has 0 aliphatic rings. The minimum absolute atomic E-state index is 0.224. The molecule has 0 aliphatic carbocycles. The molecule has 0 spiro atoms. The van der Waals surface area contributed by atoms with Crippen LogP contribution in [0.1, 0.15) is 71.1 Å². The van der Waals surface area contributed by atoms with Crippen LogP contribution in [0.3, 0.4) is 0 Å². The molecule has 0 saturated carbocycles. The Morgan fingerprint density at radius 2 is 1.58 bits per heavy atom. The SMILES string of the molecule is CCCCCC=CCC(=CCC=CCC=CCCCC(=O)O)OO. The first kappa shape index (κ1) is 22.2. The summed E-state index contributed by atoms with van der Waals surface area (Å²) in [5.74, 6) is -0.177. The lowest BCUT2D eigenvalue weighted by Crippen LogP contribution is -1.92. The van der Waals surface area contributed by atoms with Crippen molar-refractivity contribution in [1.82, 2.24) is 0 Å². The summed E-state index contributed by atoms with van der Waals surface area (Å²) in [5, 5.41) is 17.4. The topological polar surface area (TPSA) is 66.8 Å². The van der Waals surface area contributed by atoms with Gasteiger partial charge in [0.25, 0.3) is 0 Å². The number of carbonyl (C=O) groups is 1. The van der Waals surface area contributed by atoms with Crippen LogP contribution < -0.4 is 0 Å². The summed E-state index contributed by atoms with van der Waals surface area (Å²) in [4.78, 5) is 14.7. The first-order valence-corrected chi connectivity index (χ1v) is 8.88. The molecule has 0 saturated heterocycles. The summed E-state index contributed by atoms with van der Waals surface area (Å²) < 4.78 is 0. The Balaban J connectivity index is 3.79. The molecular formula is C20H32O4.